The van der Waals surface area contributed by atoms with Gasteiger partial charge in [0.25, 0.3) is 0 Å². The molecule has 0 unspecified atom stereocenters. The molecule has 86 valence electrons. The summed E-state index contributed by atoms with van der Waals surface area (Å²) in [5, 5.41) is 0. The lowest BCUT2D eigenvalue weighted by atomic mass is 10.1. The second-order valence-electron chi connectivity index (χ2n) is 2.95. The van der Waals surface area contributed by atoms with Gasteiger partial charge >= 0.3 is 6.18 Å². The summed E-state index contributed by atoms with van der Waals surface area (Å²) in [6, 6.07) is 0. The molecule has 0 saturated carbocycles. The molecule has 0 N–H and O–H groups in total. The Balaban J connectivity index is 4.94. The van der Waals surface area contributed by atoms with Crippen LogP contribution in [0.1, 0.15) is 0 Å². The minimum Gasteiger partial charge on any atom is -0.166 e. The zero-order valence-corrected chi connectivity index (χ0v) is 8.85. The number of hydrogen-bond acceptors (Lipinski definition) is 0. The van der Waals surface area contributed by atoms with Gasteiger partial charge in [0.05, 0.1) is 5.57 Å². The average Bonchev–Trinajstić information content (AvgIpc) is 2.20. The molecule has 0 amide bonds. The van der Waals surface area contributed by atoms with E-state index in [2.05, 4.69) is 26.3 Å². The van der Waals surface area contributed by atoms with Crippen molar-refractivity contribution < 1.29 is 13.2 Å². The quantitative estimate of drug-likeness (QED) is 0.605. The molecule has 3 heteroatoms. The number of hydrogen-bond donors (Lipinski definition) is 0. The van der Waals surface area contributed by atoms with Crippen LogP contribution in [0, 0.1) is 0 Å². The van der Waals surface area contributed by atoms with Crippen molar-refractivity contribution in [3.63, 3.8) is 0 Å². The van der Waals surface area contributed by atoms with Gasteiger partial charge < -0.3 is 0 Å². The van der Waals surface area contributed by atoms with Crippen molar-refractivity contribution in [2.45, 2.75) is 6.18 Å². The highest BCUT2D eigenvalue weighted by atomic mass is 19.4. The Hall–Kier alpha value is -1.77. The minimum absolute atomic E-state index is 0.185. The molecule has 0 rings (SSSR count). The highest BCUT2D eigenvalue weighted by Crippen LogP contribution is 2.28. The van der Waals surface area contributed by atoms with Crippen molar-refractivity contribution in [1.82, 2.24) is 0 Å². The summed E-state index contributed by atoms with van der Waals surface area (Å²) < 4.78 is 37.1. The van der Waals surface area contributed by atoms with Crippen LogP contribution in [0.4, 0.5) is 13.2 Å². The van der Waals surface area contributed by atoms with Crippen LogP contribution in [0.2, 0.25) is 0 Å². The lowest BCUT2D eigenvalue weighted by Gasteiger charge is -2.08. The van der Waals surface area contributed by atoms with Gasteiger partial charge in [-0.1, -0.05) is 50.6 Å². The van der Waals surface area contributed by atoms with Gasteiger partial charge in [0.1, 0.15) is 0 Å². The smallest absolute Gasteiger partial charge is 0.166 e. The molecule has 0 aliphatic heterocycles. The molecule has 0 nitrogen and oxygen atoms in total. The normalized spacial score (nSPS) is 12.6. The maximum absolute atomic E-state index is 12.4. The fourth-order valence-electron chi connectivity index (χ4n) is 0.828. The standard InChI is InChI=1S/C13H13F3/c1-5-7-8-10(3)11(4)9-12(6-2)13(14,15)16/h5-9H,1-4H2. The molecule has 0 fully saturated rings. The number of rotatable bonds is 5. The average molecular weight is 226 g/mol. The number of halogens is 3. The van der Waals surface area contributed by atoms with Gasteiger partial charge in [-0.3, -0.25) is 0 Å². The molecule has 0 saturated heterocycles. The Morgan fingerprint density at radius 3 is 1.94 bits per heavy atom. The highest BCUT2D eigenvalue weighted by molar-refractivity contribution is 5.46. The van der Waals surface area contributed by atoms with Crippen molar-refractivity contribution in [1.29, 1.82) is 0 Å². The van der Waals surface area contributed by atoms with Crippen molar-refractivity contribution in [3.05, 3.63) is 73.4 Å². The molecular weight excluding hydrogens is 213 g/mol. The second-order valence-corrected chi connectivity index (χ2v) is 2.95. The number of allylic oxidation sites excluding steroid dienone is 8. The van der Waals surface area contributed by atoms with Crippen LogP contribution < -0.4 is 0 Å². The Morgan fingerprint density at radius 1 is 1.00 bits per heavy atom. The molecule has 16 heavy (non-hydrogen) atoms. The molecule has 0 aromatic carbocycles. The Bertz CT molecular complexity index is 365. The largest absolute Gasteiger partial charge is 0.416 e. The van der Waals surface area contributed by atoms with E-state index in [0.29, 0.717) is 5.57 Å². The van der Waals surface area contributed by atoms with E-state index < -0.39 is 11.7 Å². The summed E-state index contributed by atoms with van der Waals surface area (Å²) in [6.45, 7) is 13.6. The monoisotopic (exact) mass is 226 g/mol. The first-order valence-corrected chi connectivity index (χ1v) is 4.41. The van der Waals surface area contributed by atoms with E-state index in [9.17, 15) is 13.2 Å². The molecular formula is C13H13F3. The van der Waals surface area contributed by atoms with Gasteiger partial charge in [-0.25, -0.2) is 0 Å². The third-order valence-corrected chi connectivity index (χ3v) is 1.72. The zero-order chi connectivity index (χ0) is 12.8. The predicted octanol–water partition coefficient (Wildman–Crippen LogP) is 4.52. The lowest BCUT2D eigenvalue weighted by Crippen LogP contribution is -2.10. The molecule has 0 atom stereocenters. The van der Waals surface area contributed by atoms with E-state index in [4.69, 9.17) is 0 Å². The SMILES string of the molecule is C=CC=CC(=C)C(=C)C=C(C=C)C(F)(F)F. The van der Waals surface area contributed by atoms with Crippen molar-refractivity contribution in [2.24, 2.45) is 0 Å². The number of alkyl halides is 3. The first-order chi connectivity index (χ1) is 7.32. The zero-order valence-electron chi connectivity index (χ0n) is 8.85. The van der Waals surface area contributed by atoms with Crippen LogP contribution in [0.15, 0.2) is 73.4 Å². The Morgan fingerprint density at radius 2 is 1.56 bits per heavy atom. The van der Waals surface area contributed by atoms with Gasteiger partial charge in [-0.05, 0) is 17.2 Å². The molecule has 0 aromatic heterocycles. The van der Waals surface area contributed by atoms with Crippen LogP contribution in [-0.2, 0) is 0 Å². The minimum atomic E-state index is -4.42. The van der Waals surface area contributed by atoms with Crippen molar-refractivity contribution in [2.75, 3.05) is 0 Å². The Labute approximate surface area is 93.5 Å². The summed E-state index contributed by atoms with van der Waals surface area (Å²) >= 11 is 0. The fraction of sp³-hybridized carbons (Fsp3) is 0.0769. The molecule has 0 spiro atoms. The van der Waals surface area contributed by atoms with Gasteiger partial charge in [-0.2, -0.15) is 13.2 Å². The Kier molecular flexibility index (Phi) is 5.30. The van der Waals surface area contributed by atoms with E-state index in [1.165, 1.54) is 12.2 Å². The van der Waals surface area contributed by atoms with Gasteiger partial charge in [0, 0.05) is 0 Å². The maximum Gasteiger partial charge on any atom is 0.416 e. The third kappa shape index (κ3) is 4.64. The van der Waals surface area contributed by atoms with Gasteiger partial charge in [-0.15, -0.1) is 0 Å². The van der Waals surface area contributed by atoms with Crippen LogP contribution >= 0.6 is 0 Å². The summed E-state index contributed by atoms with van der Waals surface area (Å²) in [6.07, 6.45) is 1.83. The van der Waals surface area contributed by atoms with Crippen molar-refractivity contribution >= 4 is 0 Å². The van der Waals surface area contributed by atoms with Crippen LogP contribution in [0.3, 0.4) is 0 Å². The van der Waals surface area contributed by atoms with Gasteiger partial charge in [0.2, 0.25) is 0 Å². The third-order valence-electron chi connectivity index (χ3n) is 1.72. The van der Waals surface area contributed by atoms with Gasteiger partial charge in [0.15, 0.2) is 0 Å². The molecule has 0 aliphatic carbocycles. The molecule has 0 bridgehead atoms. The summed E-state index contributed by atoms with van der Waals surface area (Å²) in [7, 11) is 0. The van der Waals surface area contributed by atoms with Crippen LogP contribution in [0.25, 0.3) is 0 Å². The lowest BCUT2D eigenvalue weighted by molar-refractivity contribution is -0.0881. The topological polar surface area (TPSA) is 0 Å². The van der Waals surface area contributed by atoms with E-state index in [-0.39, 0.29) is 5.57 Å². The molecule has 0 aliphatic rings. The maximum atomic E-state index is 12.4. The summed E-state index contributed by atoms with van der Waals surface area (Å²) in [4.78, 5) is 0. The van der Waals surface area contributed by atoms with E-state index in [0.717, 1.165) is 12.2 Å². The summed E-state index contributed by atoms with van der Waals surface area (Å²) in [5.74, 6) is 0. The van der Waals surface area contributed by atoms with E-state index in [1.807, 2.05) is 0 Å². The van der Waals surface area contributed by atoms with Crippen molar-refractivity contribution in [3.8, 4) is 0 Å². The highest BCUT2D eigenvalue weighted by Gasteiger charge is 2.31. The first kappa shape index (κ1) is 14.2. The molecule has 0 heterocycles. The van der Waals surface area contributed by atoms with E-state index >= 15 is 0 Å². The van der Waals surface area contributed by atoms with Crippen LogP contribution in [-0.4, -0.2) is 6.18 Å². The van der Waals surface area contributed by atoms with E-state index in [1.54, 1.807) is 6.08 Å². The molecule has 0 aromatic rings. The fourth-order valence-corrected chi connectivity index (χ4v) is 0.828. The first-order valence-electron chi connectivity index (χ1n) is 4.41. The second kappa shape index (κ2) is 5.95. The summed E-state index contributed by atoms with van der Waals surface area (Å²) in [5.41, 5.74) is -0.264. The predicted molar refractivity (Wildman–Crippen MR) is 62.0 cm³/mol. The molecule has 0 radical (unpaired) electrons. The van der Waals surface area contributed by atoms with Crippen LogP contribution in [0.5, 0.6) is 0 Å².